The lowest BCUT2D eigenvalue weighted by Gasteiger charge is -2.28. The molecule has 0 heterocycles. The summed E-state index contributed by atoms with van der Waals surface area (Å²) in [5, 5.41) is 1.05. The van der Waals surface area contributed by atoms with Crippen molar-refractivity contribution in [3.63, 3.8) is 0 Å². The van der Waals surface area contributed by atoms with Crippen LogP contribution in [0.2, 0.25) is 0 Å². The summed E-state index contributed by atoms with van der Waals surface area (Å²) >= 11 is 0. The molecule has 1 N–H and O–H groups in total. The van der Waals surface area contributed by atoms with Crippen LogP contribution >= 0.6 is 0 Å². The van der Waals surface area contributed by atoms with Crippen LogP contribution in [0.4, 0.5) is 9.59 Å². The molecule has 31 heavy (non-hydrogen) atoms. The van der Waals surface area contributed by atoms with Gasteiger partial charge in [-0.15, -0.1) is 0 Å². The van der Waals surface area contributed by atoms with Gasteiger partial charge in [0.15, 0.2) is 5.78 Å². The average Bonchev–Trinajstić information content (AvgIpc) is 2.57. The van der Waals surface area contributed by atoms with Crippen molar-refractivity contribution in [2.45, 2.75) is 91.8 Å². The van der Waals surface area contributed by atoms with Gasteiger partial charge in [-0.25, -0.2) is 20.0 Å². The molecule has 174 valence electrons. The number of hydrogen-bond acceptors (Lipinski definition) is 5. The standard InChI is InChI=1S/C24H38N2O5/c1-22(2,3)18-14-12-17(13-15-18)19(27)11-10-16-26(21(29)31-24(7,8)9)25-20(28)30-23(4,5)6/h12-15H,10-11,16H2,1-9H3,(H,25,28). The molecule has 0 aromatic heterocycles. The van der Waals surface area contributed by atoms with E-state index in [0.717, 1.165) is 10.6 Å². The third-order valence-corrected chi connectivity index (χ3v) is 4.10. The number of Topliss-reactive ketones (excluding diaryl/α,β-unsaturated/α-hetero) is 1. The van der Waals surface area contributed by atoms with Crippen LogP contribution in [0.1, 0.15) is 91.1 Å². The van der Waals surface area contributed by atoms with Gasteiger partial charge in [-0.2, -0.15) is 0 Å². The number of rotatable bonds is 5. The fraction of sp³-hybridized carbons (Fsp3) is 0.625. The molecule has 0 radical (unpaired) electrons. The van der Waals surface area contributed by atoms with Crippen molar-refractivity contribution in [1.82, 2.24) is 10.4 Å². The van der Waals surface area contributed by atoms with E-state index in [1.54, 1.807) is 41.5 Å². The van der Waals surface area contributed by atoms with Crippen LogP contribution in [0.5, 0.6) is 0 Å². The molecule has 0 aliphatic carbocycles. The van der Waals surface area contributed by atoms with Gasteiger partial charge in [-0.1, -0.05) is 45.0 Å². The smallest absolute Gasteiger partial charge is 0.429 e. The van der Waals surface area contributed by atoms with Gasteiger partial charge in [0.05, 0.1) is 0 Å². The Kier molecular flexibility index (Phi) is 8.67. The van der Waals surface area contributed by atoms with E-state index in [0.29, 0.717) is 12.0 Å². The molecule has 7 nitrogen and oxygen atoms in total. The highest BCUT2D eigenvalue weighted by Gasteiger charge is 2.26. The Bertz CT molecular complexity index is 765. The number of hydrogen-bond donors (Lipinski definition) is 1. The number of ether oxygens (including phenoxy) is 2. The van der Waals surface area contributed by atoms with Crippen molar-refractivity contribution in [3.05, 3.63) is 35.4 Å². The van der Waals surface area contributed by atoms with E-state index in [9.17, 15) is 14.4 Å². The van der Waals surface area contributed by atoms with Gasteiger partial charge >= 0.3 is 12.2 Å². The largest absolute Gasteiger partial charge is 0.443 e. The van der Waals surface area contributed by atoms with Crippen molar-refractivity contribution < 1.29 is 23.9 Å². The maximum absolute atomic E-state index is 12.5. The van der Waals surface area contributed by atoms with Crippen molar-refractivity contribution in [2.75, 3.05) is 6.54 Å². The zero-order valence-electron chi connectivity index (χ0n) is 20.4. The van der Waals surface area contributed by atoms with Gasteiger partial charge < -0.3 is 9.47 Å². The minimum Gasteiger partial charge on any atom is -0.443 e. The normalized spacial score (nSPS) is 12.2. The Morgan fingerprint density at radius 3 is 1.81 bits per heavy atom. The van der Waals surface area contributed by atoms with Crippen molar-refractivity contribution in [2.24, 2.45) is 0 Å². The highest BCUT2D eigenvalue weighted by atomic mass is 16.6. The number of carbonyl (C=O) groups excluding carboxylic acids is 3. The minimum absolute atomic E-state index is 0.0167. The molecule has 0 saturated carbocycles. The lowest BCUT2D eigenvalue weighted by atomic mass is 9.86. The predicted octanol–water partition coefficient (Wildman–Crippen LogP) is 5.62. The van der Waals surface area contributed by atoms with Gasteiger partial charge in [0.1, 0.15) is 11.2 Å². The van der Waals surface area contributed by atoms with E-state index in [1.807, 2.05) is 24.3 Å². The second kappa shape index (κ2) is 10.2. The van der Waals surface area contributed by atoms with Crippen molar-refractivity contribution in [3.8, 4) is 0 Å². The van der Waals surface area contributed by atoms with E-state index in [-0.39, 0.29) is 24.2 Å². The second-order valence-electron chi connectivity index (χ2n) is 10.6. The Labute approximate surface area is 186 Å². The summed E-state index contributed by atoms with van der Waals surface area (Å²) in [6.07, 6.45) is -0.887. The number of benzene rings is 1. The maximum atomic E-state index is 12.5. The first-order valence-corrected chi connectivity index (χ1v) is 10.6. The average molecular weight is 435 g/mol. The third kappa shape index (κ3) is 10.3. The Balaban J connectivity index is 2.75. The molecule has 0 saturated heterocycles. The van der Waals surface area contributed by atoms with Gasteiger partial charge in [-0.3, -0.25) is 4.79 Å². The monoisotopic (exact) mass is 434 g/mol. The SMILES string of the molecule is CC(C)(C)OC(=O)NN(CCCC(=O)c1ccc(C(C)(C)C)cc1)C(=O)OC(C)(C)C. The molecule has 0 fully saturated rings. The Morgan fingerprint density at radius 1 is 0.839 bits per heavy atom. The predicted molar refractivity (Wildman–Crippen MR) is 121 cm³/mol. The molecule has 0 aliphatic heterocycles. The molecule has 1 aromatic carbocycles. The van der Waals surface area contributed by atoms with E-state index in [1.165, 1.54) is 0 Å². The molecular formula is C24H38N2O5. The van der Waals surface area contributed by atoms with E-state index >= 15 is 0 Å². The number of ketones is 1. The highest BCUT2D eigenvalue weighted by molar-refractivity contribution is 5.96. The van der Waals surface area contributed by atoms with Crippen LogP contribution in [0.3, 0.4) is 0 Å². The van der Waals surface area contributed by atoms with Gasteiger partial charge in [0.2, 0.25) is 0 Å². The zero-order valence-corrected chi connectivity index (χ0v) is 20.4. The molecule has 0 atom stereocenters. The maximum Gasteiger partial charge on any atom is 0.429 e. The molecule has 0 aliphatic rings. The lowest BCUT2D eigenvalue weighted by Crippen LogP contribution is -2.50. The highest BCUT2D eigenvalue weighted by Crippen LogP contribution is 2.22. The number of hydrazine groups is 1. The molecule has 1 aromatic rings. The number of nitrogens with one attached hydrogen (secondary N) is 1. The minimum atomic E-state index is -0.762. The molecular weight excluding hydrogens is 396 g/mol. The van der Waals surface area contributed by atoms with Crippen molar-refractivity contribution >= 4 is 18.0 Å². The van der Waals surface area contributed by atoms with Gasteiger partial charge in [0.25, 0.3) is 0 Å². The van der Waals surface area contributed by atoms with E-state index < -0.39 is 23.4 Å². The van der Waals surface area contributed by atoms with Crippen LogP contribution in [0, 0.1) is 0 Å². The molecule has 0 bridgehead atoms. The first-order valence-electron chi connectivity index (χ1n) is 10.6. The van der Waals surface area contributed by atoms with E-state index in [4.69, 9.17) is 9.47 Å². The summed E-state index contributed by atoms with van der Waals surface area (Å²) in [6.45, 7) is 16.9. The second-order valence-corrected chi connectivity index (χ2v) is 10.6. The van der Waals surface area contributed by atoms with Gasteiger partial charge in [0, 0.05) is 18.5 Å². The first-order chi connectivity index (χ1) is 14.0. The molecule has 1 rings (SSSR count). The Hall–Kier alpha value is -2.57. The summed E-state index contributed by atoms with van der Waals surface area (Å²) in [5.41, 5.74) is 2.78. The van der Waals surface area contributed by atoms with Crippen LogP contribution in [-0.2, 0) is 14.9 Å². The number of amides is 2. The van der Waals surface area contributed by atoms with E-state index in [2.05, 4.69) is 26.2 Å². The number of nitrogens with zero attached hydrogens (tertiary/aromatic N) is 1. The van der Waals surface area contributed by atoms with Crippen LogP contribution in [0.25, 0.3) is 0 Å². The fourth-order valence-corrected chi connectivity index (χ4v) is 2.62. The third-order valence-electron chi connectivity index (χ3n) is 4.10. The van der Waals surface area contributed by atoms with Gasteiger partial charge in [-0.05, 0) is 58.9 Å². The quantitative estimate of drug-likeness (QED) is 0.480. The van der Waals surface area contributed by atoms with Crippen LogP contribution in [0.15, 0.2) is 24.3 Å². The topological polar surface area (TPSA) is 84.9 Å². The van der Waals surface area contributed by atoms with Crippen LogP contribution in [-0.4, -0.2) is 40.7 Å². The summed E-state index contributed by atoms with van der Waals surface area (Å²) in [6, 6.07) is 7.58. The first kappa shape index (κ1) is 26.5. The fourth-order valence-electron chi connectivity index (χ4n) is 2.62. The van der Waals surface area contributed by atoms with Crippen LogP contribution < -0.4 is 5.43 Å². The Morgan fingerprint density at radius 2 is 1.35 bits per heavy atom. The summed E-state index contributed by atoms with van der Waals surface area (Å²) in [5.74, 6) is -0.0261. The molecule has 0 spiro atoms. The number of carbonyl (C=O) groups is 3. The summed E-state index contributed by atoms with van der Waals surface area (Å²) in [7, 11) is 0. The van der Waals surface area contributed by atoms with Crippen molar-refractivity contribution in [1.29, 1.82) is 0 Å². The summed E-state index contributed by atoms with van der Waals surface area (Å²) in [4.78, 5) is 37.2. The lowest BCUT2D eigenvalue weighted by molar-refractivity contribution is 0.00108. The summed E-state index contributed by atoms with van der Waals surface area (Å²) < 4.78 is 10.6. The molecule has 7 heteroatoms. The zero-order chi connectivity index (χ0) is 24.0. The molecule has 0 unspecified atom stereocenters. The molecule has 2 amide bonds.